The smallest absolute Gasteiger partial charge is 0.0561 e. The third-order valence-corrected chi connectivity index (χ3v) is 13.0. The van der Waals surface area contributed by atoms with E-state index in [0.29, 0.717) is 0 Å². The molecule has 0 unspecified atom stereocenters. The van der Waals surface area contributed by atoms with Crippen LogP contribution in [-0.4, -0.2) is 4.57 Å². The average molecular weight is 841 g/mol. The van der Waals surface area contributed by atoms with Crippen molar-refractivity contribution in [1.29, 1.82) is 0 Å². The summed E-state index contributed by atoms with van der Waals surface area (Å²) in [5.41, 5.74) is 18.6. The summed E-state index contributed by atoms with van der Waals surface area (Å²) >= 11 is 0. The molecule has 0 saturated heterocycles. The molecule has 11 aromatic carbocycles. The summed E-state index contributed by atoms with van der Waals surface area (Å²) < 4.78 is 2.40. The van der Waals surface area contributed by atoms with Crippen molar-refractivity contribution in [3.8, 4) is 61.3 Å². The highest BCUT2D eigenvalue weighted by Crippen LogP contribution is 2.47. The number of aromatic nitrogens is 1. The van der Waals surface area contributed by atoms with Crippen LogP contribution < -0.4 is 4.90 Å². The molecule has 12 rings (SSSR count). The van der Waals surface area contributed by atoms with Gasteiger partial charge in [0.05, 0.1) is 16.7 Å². The minimum absolute atomic E-state index is 1.07. The molecule has 0 bridgehead atoms. The second kappa shape index (κ2) is 16.8. The standard InChI is InChI=1S/C64H44N2/c1-3-18-47(19-4-1)55-25-9-10-26-56(55)57-27-11-12-28-58(57)59-29-13-15-32-62(59)65(52-42-43-61-60-30-14-16-33-63(60)66(64(61)44-52)50-22-5-2-6-23-50)51-40-38-46(39-41-51)45-34-36-49(37-35-45)54-31-17-21-48-20-7-8-24-53(48)54/h1-44H. The number of rotatable bonds is 9. The molecule has 0 amide bonds. The normalized spacial score (nSPS) is 11.3. The molecule has 0 aliphatic carbocycles. The summed E-state index contributed by atoms with van der Waals surface area (Å²) in [6.45, 7) is 0. The van der Waals surface area contributed by atoms with Gasteiger partial charge in [-0.05, 0) is 109 Å². The van der Waals surface area contributed by atoms with E-state index < -0.39 is 0 Å². The molecule has 0 N–H and O–H groups in total. The minimum atomic E-state index is 1.07. The lowest BCUT2D eigenvalue weighted by molar-refractivity contribution is 1.18. The molecule has 1 aromatic heterocycles. The van der Waals surface area contributed by atoms with Crippen molar-refractivity contribution in [3.63, 3.8) is 0 Å². The Morgan fingerprint density at radius 1 is 0.258 bits per heavy atom. The molecule has 2 nitrogen and oxygen atoms in total. The van der Waals surface area contributed by atoms with Gasteiger partial charge in [-0.15, -0.1) is 0 Å². The first-order chi connectivity index (χ1) is 32.8. The maximum Gasteiger partial charge on any atom is 0.0561 e. The lowest BCUT2D eigenvalue weighted by Gasteiger charge is -2.29. The molecule has 0 saturated carbocycles. The van der Waals surface area contributed by atoms with E-state index in [1.54, 1.807) is 0 Å². The second-order valence-electron chi connectivity index (χ2n) is 16.9. The Hall–Kier alpha value is -8.72. The molecule has 0 spiro atoms. The molecule has 2 heteroatoms. The molecule has 0 fully saturated rings. The second-order valence-corrected chi connectivity index (χ2v) is 16.9. The van der Waals surface area contributed by atoms with Crippen molar-refractivity contribution in [2.75, 3.05) is 4.90 Å². The van der Waals surface area contributed by atoms with Crippen LogP contribution in [0.15, 0.2) is 267 Å². The quantitative estimate of drug-likeness (QED) is 0.141. The monoisotopic (exact) mass is 840 g/mol. The SMILES string of the molecule is c1ccc(-c2ccccc2-c2ccccc2-c2ccccc2N(c2ccc(-c3ccc(-c4cccc5ccccc45)cc3)cc2)c2ccc3c4ccccc4n(-c4ccccc4)c3c2)cc1. The van der Waals surface area contributed by atoms with E-state index in [2.05, 4.69) is 276 Å². The Balaban J connectivity index is 1.02. The molecule has 1 heterocycles. The molecule has 66 heavy (non-hydrogen) atoms. The van der Waals surface area contributed by atoms with Crippen LogP contribution >= 0.6 is 0 Å². The van der Waals surface area contributed by atoms with Gasteiger partial charge >= 0.3 is 0 Å². The van der Waals surface area contributed by atoms with Crippen molar-refractivity contribution < 1.29 is 0 Å². The summed E-state index contributed by atoms with van der Waals surface area (Å²) in [7, 11) is 0. The zero-order chi connectivity index (χ0) is 43.8. The number of hydrogen-bond acceptors (Lipinski definition) is 1. The highest BCUT2D eigenvalue weighted by molar-refractivity contribution is 6.11. The molecule has 0 aliphatic rings. The van der Waals surface area contributed by atoms with E-state index in [0.717, 1.165) is 33.8 Å². The average Bonchev–Trinajstić information content (AvgIpc) is 3.73. The number of nitrogens with zero attached hydrogens (tertiary/aromatic N) is 2. The summed E-state index contributed by atoms with van der Waals surface area (Å²) in [5, 5.41) is 4.97. The Labute approximate surface area is 385 Å². The van der Waals surface area contributed by atoms with Gasteiger partial charge in [-0.3, -0.25) is 0 Å². The fourth-order valence-electron chi connectivity index (χ4n) is 9.94. The summed E-state index contributed by atoms with van der Waals surface area (Å²) in [5.74, 6) is 0. The number of benzene rings is 11. The van der Waals surface area contributed by atoms with Gasteiger partial charge in [0.15, 0.2) is 0 Å². The lowest BCUT2D eigenvalue weighted by Crippen LogP contribution is -2.11. The van der Waals surface area contributed by atoms with Crippen LogP contribution in [0, 0.1) is 0 Å². The Kier molecular flexibility index (Phi) is 9.89. The molecule has 0 atom stereocenters. The zero-order valence-corrected chi connectivity index (χ0v) is 36.3. The van der Waals surface area contributed by atoms with Gasteiger partial charge in [0.25, 0.3) is 0 Å². The maximum atomic E-state index is 2.44. The molecule has 310 valence electrons. The molecular formula is C64H44N2. The van der Waals surface area contributed by atoms with Crippen LogP contribution in [-0.2, 0) is 0 Å². The molecule has 12 aromatic rings. The zero-order valence-electron chi connectivity index (χ0n) is 36.3. The van der Waals surface area contributed by atoms with Crippen molar-refractivity contribution in [2.24, 2.45) is 0 Å². The van der Waals surface area contributed by atoms with E-state index in [4.69, 9.17) is 0 Å². The van der Waals surface area contributed by atoms with Crippen LogP contribution in [0.4, 0.5) is 17.1 Å². The van der Waals surface area contributed by atoms with Gasteiger partial charge < -0.3 is 9.47 Å². The van der Waals surface area contributed by atoms with Gasteiger partial charge in [-0.2, -0.15) is 0 Å². The predicted molar refractivity (Wildman–Crippen MR) is 280 cm³/mol. The number of anilines is 3. The van der Waals surface area contributed by atoms with E-state index in [1.807, 2.05) is 0 Å². The summed E-state index contributed by atoms with van der Waals surface area (Å²) in [6, 6.07) is 96.9. The van der Waals surface area contributed by atoms with Gasteiger partial charge in [0.1, 0.15) is 0 Å². The Bertz CT molecular complexity index is 3670. The fraction of sp³-hybridized carbons (Fsp3) is 0. The van der Waals surface area contributed by atoms with Crippen molar-refractivity contribution in [2.45, 2.75) is 0 Å². The van der Waals surface area contributed by atoms with Crippen molar-refractivity contribution in [1.82, 2.24) is 4.57 Å². The minimum Gasteiger partial charge on any atom is -0.310 e. The van der Waals surface area contributed by atoms with Crippen molar-refractivity contribution >= 4 is 49.6 Å². The molecule has 0 radical (unpaired) electrons. The molecular weight excluding hydrogens is 797 g/mol. The highest BCUT2D eigenvalue weighted by Gasteiger charge is 2.22. The first kappa shape index (κ1) is 38.9. The van der Waals surface area contributed by atoms with E-state index in [1.165, 1.54) is 77.1 Å². The predicted octanol–water partition coefficient (Wildman–Crippen LogP) is 17.7. The van der Waals surface area contributed by atoms with E-state index >= 15 is 0 Å². The van der Waals surface area contributed by atoms with Crippen LogP contribution in [0.3, 0.4) is 0 Å². The maximum absolute atomic E-state index is 2.44. The largest absolute Gasteiger partial charge is 0.310 e. The molecule has 0 aliphatic heterocycles. The fourth-order valence-corrected chi connectivity index (χ4v) is 9.94. The van der Waals surface area contributed by atoms with Gasteiger partial charge in [-0.1, -0.05) is 218 Å². The summed E-state index contributed by atoms with van der Waals surface area (Å²) in [6.07, 6.45) is 0. The summed E-state index contributed by atoms with van der Waals surface area (Å²) in [4.78, 5) is 2.44. The van der Waals surface area contributed by atoms with Gasteiger partial charge in [-0.25, -0.2) is 0 Å². The lowest BCUT2D eigenvalue weighted by atomic mass is 9.88. The highest BCUT2D eigenvalue weighted by atomic mass is 15.1. The number of fused-ring (bicyclic) bond motifs is 4. The van der Waals surface area contributed by atoms with Crippen LogP contribution in [0.5, 0.6) is 0 Å². The van der Waals surface area contributed by atoms with Gasteiger partial charge in [0, 0.05) is 33.4 Å². The Morgan fingerprint density at radius 3 is 1.47 bits per heavy atom. The third-order valence-electron chi connectivity index (χ3n) is 13.0. The third kappa shape index (κ3) is 6.93. The Morgan fingerprint density at radius 2 is 0.727 bits per heavy atom. The van der Waals surface area contributed by atoms with Crippen LogP contribution in [0.25, 0.3) is 93.9 Å². The van der Waals surface area contributed by atoms with Gasteiger partial charge in [0.2, 0.25) is 0 Å². The van der Waals surface area contributed by atoms with Crippen LogP contribution in [0.2, 0.25) is 0 Å². The van der Waals surface area contributed by atoms with Crippen molar-refractivity contribution in [3.05, 3.63) is 267 Å². The van der Waals surface area contributed by atoms with E-state index in [-0.39, 0.29) is 0 Å². The topological polar surface area (TPSA) is 8.17 Å². The van der Waals surface area contributed by atoms with Crippen LogP contribution in [0.1, 0.15) is 0 Å². The van der Waals surface area contributed by atoms with E-state index in [9.17, 15) is 0 Å². The first-order valence-corrected chi connectivity index (χ1v) is 22.7. The first-order valence-electron chi connectivity index (χ1n) is 22.7. The number of para-hydroxylation sites is 3. The number of hydrogen-bond donors (Lipinski definition) is 0.